The first kappa shape index (κ1) is 12.3. The van der Waals surface area contributed by atoms with Crippen LogP contribution in [-0.2, 0) is 11.8 Å². The number of nitrogens with zero attached hydrogens (tertiary/aromatic N) is 2. The predicted molar refractivity (Wildman–Crippen MR) is 53.5 cm³/mol. The van der Waals surface area contributed by atoms with Crippen molar-refractivity contribution in [3.63, 3.8) is 0 Å². The fourth-order valence-electron chi connectivity index (χ4n) is 2.10. The summed E-state index contributed by atoms with van der Waals surface area (Å²) in [5.41, 5.74) is -0.295. The monoisotopic (exact) mass is 249 g/mol. The van der Waals surface area contributed by atoms with Gasteiger partial charge >= 0.3 is 6.18 Å². The summed E-state index contributed by atoms with van der Waals surface area (Å²) in [5.74, 6) is 0.0384. The molecule has 17 heavy (non-hydrogen) atoms. The van der Waals surface area contributed by atoms with Crippen molar-refractivity contribution in [3.05, 3.63) is 11.7 Å². The van der Waals surface area contributed by atoms with Gasteiger partial charge in [0.15, 0.2) is 5.82 Å². The van der Waals surface area contributed by atoms with E-state index in [-0.39, 0.29) is 11.2 Å². The highest BCUT2D eigenvalue weighted by Crippen LogP contribution is 2.33. The van der Waals surface area contributed by atoms with E-state index in [9.17, 15) is 13.2 Å². The Balaban J connectivity index is 2.17. The van der Waals surface area contributed by atoms with Crippen LogP contribution in [0, 0.1) is 0 Å². The lowest BCUT2D eigenvalue weighted by Gasteiger charge is -2.20. The van der Waals surface area contributed by atoms with Gasteiger partial charge in [0.2, 0.25) is 5.89 Å². The lowest BCUT2D eigenvalue weighted by Crippen LogP contribution is -2.28. The second-order valence-electron chi connectivity index (χ2n) is 4.37. The fraction of sp³-hybridized carbons (Fsp3) is 0.800. The number of hydrogen-bond acceptors (Lipinski definition) is 4. The first-order valence-corrected chi connectivity index (χ1v) is 5.56. The number of rotatable bonds is 3. The topological polar surface area (TPSA) is 51.0 Å². The molecule has 1 N–H and O–H groups in total. The smallest absolute Gasteiger partial charge is 0.339 e. The van der Waals surface area contributed by atoms with E-state index >= 15 is 0 Å². The van der Waals surface area contributed by atoms with E-state index in [1.54, 1.807) is 0 Å². The number of hydrogen-bond donors (Lipinski definition) is 1. The van der Waals surface area contributed by atoms with Gasteiger partial charge in [-0.25, -0.2) is 0 Å². The second-order valence-corrected chi connectivity index (χ2v) is 4.37. The summed E-state index contributed by atoms with van der Waals surface area (Å²) in [6, 6.07) is 0. The molecule has 0 spiro atoms. The van der Waals surface area contributed by atoms with Gasteiger partial charge in [-0.2, -0.15) is 18.2 Å². The molecule has 0 saturated carbocycles. The summed E-state index contributed by atoms with van der Waals surface area (Å²) >= 11 is 0. The molecule has 0 radical (unpaired) electrons. The summed E-state index contributed by atoms with van der Waals surface area (Å²) in [5, 5.41) is 6.58. The molecule has 2 rings (SSSR count). The Morgan fingerprint density at radius 3 is 2.76 bits per heavy atom. The van der Waals surface area contributed by atoms with Gasteiger partial charge in [-0.15, -0.1) is 0 Å². The average molecular weight is 249 g/mol. The van der Waals surface area contributed by atoms with E-state index in [4.69, 9.17) is 4.52 Å². The fourth-order valence-corrected chi connectivity index (χ4v) is 2.10. The SMILES string of the molecule is CCC1(c2nc(CC(F)(F)F)no2)CCNC1. The summed E-state index contributed by atoms with van der Waals surface area (Å²) in [7, 11) is 0. The normalized spacial score (nSPS) is 25.4. The molecular formula is C10H14F3N3O. The second kappa shape index (κ2) is 4.29. The Kier molecular flexibility index (Phi) is 3.11. The van der Waals surface area contributed by atoms with Crippen LogP contribution in [-0.4, -0.2) is 29.4 Å². The van der Waals surface area contributed by atoms with E-state index < -0.39 is 12.6 Å². The summed E-state index contributed by atoms with van der Waals surface area (Å²) in [6.45, 7) is 3.47. The van der Waals surface area contributed by atoms with Crippen LogP contribution in [0.5, 0.6) is 0 Å². The van der Waals surface area contributed by atoms with E-state index in [1.807, 2.05) is 6.92 Å². The lowest BCUT2D eigenvalue weighted by atomic mass is 9.84. The Morgan fingerprint density at radius 1 is 1.47 bits per heavy atom. The van der Waals surface area contributed by atoms with Crippen LogP contribution in [0.15, 0.2) is 4.52 Å². The Bertz CT molecular complexity index is 382. The Morgan fingerprint density at radius 2 is 2.24 bits per heavy atom. The zero-order chi connectivity index (χ0) is 12.5. The zero-order valence-corrected chi connectivity index (χ0v) is 9.47. The van der Waals surface area contributed by atoms with Gasteiger partial charge in [-0.05, 0) is 19.4 Å². The van der Waals surface area contributed by atoms with Crippen molar-refractivity contribution in [1.29, 1.82) is 0 Å². The summed E-state index contributed by atoms with van der Waals surface area (Å²) < 4.78 is 41.5. The van der Waals surface area contributed by atoms with Crippen LogP contribution in [0.3, 0.4) is 0 Å². The minimum absolute atomic E-state index is 0.285. The van der Waals surface area contributed by atoms with Crippen molar-refractivity contribution < 1.29 is 17.7 Å². The van der Waals surface area contributed by atoms with Crippen molar-refractivity contribution >= 4 is 0 Å². The third-order valence-corrected chi connectivity index (χ3v) is 3.20. The molecule has 1 atom stereocenters. The third kappa shape index (κ3) is 2.59. The van der Waals surface area contributed by atoms with Gasteiger partial charge in [0.1, 0.15) is 6.42 Å². The van der Waals surface area contributed by atoms with Crippen LogP contribution in [0.1, 0.15) is 31.5 Å². The molecule has 1 unspecified atom stereocenters. The van der Waals surface area contributed by atoms with Crippen LogP contribution in [0.2, 0.25) is 0 Å². The van der Waals surface area contributed by atoms with Crippen molar-refractivity contribution in [2.75, 3.05) is 13.1 Å². The Hall–Kier alpha value is -1.11. The minimum atomic E-state index is -4.30. The molecule has 0 aromatic carbocycles. The van der Waals surface area contributed by atoms with Gasteiger partial charge in [0.25, 0.3) is 0 Å². The molecule has 1 aliphatic heterocycles. The van der Waals surface area contributed by atoms with Crippen LogP contribution < -0.4 is 5.32 Å². The van der Waals surface area contributed by atoms with Crippen molar-refractivity contribution in [3.8, 4) is 0 Å². The average Bonchev–Trinajstić information content (AvgIpc) is 2.83. The number of alkyl halides is 3. The Labute approximate surface area is 96.6 Å². The predicted octanol–water partition coefficient (Wildman–Crippen LogP) is 1.82. The molecule has 1 aromatic heterocycles. The van der Waals surface area contributed by atoms with Gasteiger partial charge in [-0.1, -0.05) is 12.1 Å². The highest BCUT2D eigenvalue weighted by Gasteiger charge is 2.40. The highest BCUT2D eigenvalue weighted by atomic mass is 19.4. The molecular weight excluding hydrogens is 235 g/mol. The van der Waals surface area contributed by atoms with Gasteiger partial charge in [-0.3, -0.25) is 0 Å². The molecule has 0 aliphatic carbocycles. The lowest BCUT2D eigenvalue weighted by molar-refractivity contribution is -0.128. The first-order valence-electron chi connectivity index (χ1n) is 5.56. The summed E-state index contributed by atoms with van der Waals surface area (Å²) in [6.07, 6.45) is -3.84. The van der Waals surface area contributed by atoms with Crippen LogP contribution in [0.25, 0.3) is 0 Å². The molecule has 1 saturated heterocycles. The van der Waals surface area contributed by atoms with Gasteiger partial charge in [0.05, 0.1) is 5.41 Å². The quantitative estimate of drug-likeness (QED) is 0.887. The third-order valence-electron chi connectivity index (χ3n) is 3.20. The zero-order valence-electron chi connectivity index (χ0n) is 9.47. The molecule has 0 bridgehead atoms. The number of halogens is 3. The molecule has 96 valence electrons. The van der Waals surface area contributed by atoms with Gasteiger partial charge in [0, 0.05) is 6.54 Å². The van der Waals surface area contributed by atoms with Crippen molar-refractivity contribution in [1.82, 2.24) is 15.5 Å². The largest absolute Gasteiger partial charge is 0.396 e. The maximum absolute atomic E-state index is 12.2. The molecule has 1 aliphatic rings. The number of nitrogens with one attached hydrogen (secondary N) is 1. The molecule has 2 heterocycles. The molecule has 1 fully saturated rings. The van der Waals surface area contributed by atoms with E-state index in [2.05, 4.69) is 15.5 Å². The van der Waals surface area contributed by atoms with E-state index in [1.165, 1.54) is 0 Å². The van der Waals surface area contributed by atoms with Gasteiger partial charge < -0.3 is 9.84 Å². The van der Waals surface area contributed by atoms with Crippen molar-refractivity contribution in [2.45, 2.75) is 37.8 Å². The molecule has 1 aromatic rings. The maximum atomic E-state index is 12.2. The summed E-state index contributed by atoms with van der Waals surface area (Å²) in [4.78, 5) is 3.88. The molecule has 7 heteroatoms. The molecule has 4 nitrogen and oxygen atoms in total. The first-order chi connectivity index (χ1) is 7.95. The maximum Gasteiger partial charge on any atom is 0.396 e. The van der Waals surface area contributed by atoms with E-state index in [0.717, 1.165) is 19.4 Å². The minimum Gasteiger partial charge on any atom is -0.339 e. The van der Waals surface area contributed by atoms with E-state index in [0.29, 0.717) is 12.4 Å². The van der Waals surface area contributed by atoms with Crippen LogP contribution >= 0.6 is 0 Å². The standard InChI is InChI=1S/C10H14F3N3O/c1-2-9(3-4-14-6-9)8-15-7(16-17-8)5-10(11,12)13/h14H,2-6H2,1H3. The number of aromatic nitrogens is 2. The van der Waals surface area contributed by atoms with Crippen LogP contribution in [0.4, 0.5) is 13.2 Å². The molecule has 0 amide bonds. The van der Waals surface area contributed by atoms with Crippen molar-refractivity contribution in [2.24, 2.45) is 0 Å². The highest BCUT2D eigenvalue weighted by molar-refractivity contribution is 5.09.